The van der Waals surface area contributed by atoms with Gasteiger partial charge in [-0.15, -0.1) is 0 Å². The maximum Gasteiger partial charge on any atom is 0.491 e. The lowest BCUT2D eigenvalue weighted by Gasteiger charge is -2.09. The summed E-state index contributed by atoms with van der Waals surface area (Å²) in [5, 5.41) is 3.20. The number of rotatable bonds is 11. The fourth-order valence-corrected chi connectivity index (χ4v) is 2.30. The number of anilines is 1. The van der Waals surface area contributed by atoms with E-state index in [0.29, 0.717) is 0 Å². The molecule has 1 N–H and O–H groups in total. The van der Waals surface area contributed by atoms with Gasteiger partial charge in [0.05, 0.1) is 0 Å². The molecule has 0 aliphatic carbocycles. The molecule has 0 aliphatic rings. The minimum absolute atomic E-state index is 0.116. The summed E-state index contributed by atoms with van der Waals surface area (Å²) in [6.07, 6.45) is 4.96. The summed E-state index contributed by atoms with van der Waals surface area (Å²) in [5.41, 5.74) is 0.796. The maximum absolute atomic E-state index is 12.1. The van der Waals surface area contributed by atoms with Gasteiger partial charge >= 0.3 is 12.1 Å². The number of nitrogens with one attached hydrogen (secondary N) is 1. The molecular formula is C18H26F3NO2. The van der Waals surface area contributed by atoms with E-state index < -0.39 is 12.1 Å². The van der Waals surface area contributed by atoms with Crippen LogP contribution < -0.4 is 10.1 Å². The molecule has 0 atom stereocenters. The zero-order chi connectivity index (χ0) is 17.8. The van der Waals surface area contributed by atoms with Crippen molar-refractivity contribution in [3.05, 3.63) is 24.3 Å². The first kappa shape index (κ1) is 20.3. The fourth-order valence-electron chi connectivity index (χ4n) is 2.30. The lowest BCUT2D eigenvalue weighted by Crippen LogP contribution is -2.27. The van der Waals surface area contributed by atoms with Crippen LogP contribution in [0, 0.1) is 0 Å². The average Bonchev–Trinajstić information content (AvgIpc) is 2.54. The monoisotopic (exact) mass is 345 g/mol. The van der Waals surface area contributed by atoms with Crippen molar-refractivity contribution in [1.82, 2.24) is 0 Å². The third kappa shape index (κ3) is 8.79. The Kier molecular flexibility index (Phi) is 9.27. The third-order valence-electron chi connectivity index (χ3n) is 3.66. The topological polar surface area (TPSA) is 38.3 Å². The molecule has 0 saturated carbocycles. The Bertz CT molecular complexity index is 472. The van der Waals surface area contributed by atoms with Gasteiger partial charge in [0.1, 0.15) is 5.75 Å². The number of ether oxygens (including phenoxy) is 1. The summed E-state index contributed by atoms with van der Waals surface area (Å²) >= 11 is 0. The van der Waals surface area contributed by atoms with Crippen LogP contribution in [0.15, 0.2) is 24.3 Å². The van der Waals surface area contributed by atoms with Crippen LogP contribution in [0.1, 0.15) is 58.3 Å². The molecule has 0 saturated heterocycles. The summed E-state index contributed by atoms with van der Waals surface area (Å²) in [6, 6.07) is 5.90. The van der Waals surface area contributed by atoms with E-state index in [4.69, 9.17) is 0 Å². The van der Waals surface area contributed by atoms with Crippen molar-refractivity contribution < 1.29 is 22.7 Å². The molecular weight excluding hydrogens is 319 g/mol. The van der Waals surface area contributed by atoms with Crippen LogP contribution in [0.3, 0.4) is 0 Å². The number of esters is 1. The number of alkyl halides is 3. The molecule has 136 valence electrons. The highest BCUT2D eigenvalue weighted by molar-refractivity contribution is 5.78. The van der Waals surface area contributed by atoms with E-state index in [9.17, 15) is 18.0 Å². The van der Waals surface area contributed by atoms with Gasteiger partial charge < -0.3 is 10.1 Å². The lowest BCUT2D eigenvalue weighted by atomic mass is 10.1. The molecule has 1 aromatic carbocycles. The summed E-state index contributed by atoms with van der Waals surface area (Å²) in [6.45, 7) is 3.02. The second kappa shape index (κ2) is 10.9. The average molecular weight is 345 g/mol. The van der Waals surface area contributed by atoms with Crippen molar-refractivity contribution >= 4 is 11.7 Å². The Morgan fingerprint density at radius 2 is 1.50 bits per heavy atom. The minimum Gasteiger partial charge on any atom is -0.420 e. The van der Waals surface area contributed by atoms with Crippen LogP contribution in [0.25, 0.3) is 0 Å². The van der Waals surface area contributed by atoms with E-state index in [2.05, 4.69) is 17.0 Å². The van der Waals surface area contributed by atoms with Crippen molar-refractivity contribution in [3.8, 4) is 5.75 Å². The van der Waals surface area contributed by atoms with Crippen LogP contribution in [0.5, 0.6) is 5.75 Å². The van der Waals surface area contributed by atoms with Crippen LogP contribution in [-0.4, -0.2) is 18.7 Å². The van der Waals surface area contributed by atoms with Crippen LogP contribution in [0.4, 0.5) is 18.9 Å². The van der Waals surface area contributed by atoms with Gasteiger partial charge in [-0.25, -0.2) is 4.79 Å². The Labute approximate surface area is 141 Å². The minimum atomic E-state index is -4.98. The molecule has 0 bridgehead atoms. The smallest absolute Gasteiger partial charge is 0.420 e. The summed E-state index contributed by atoms with van der Waals surface area (Å²) in [7, 11) is 0. The predicted octanol–water partition coefficient (Wildman–Crippen LogP) is 5.71. The Morgan fingerprint density at radius 1 is 0.958 bits per heavy atom. The second-order valence-electron chi connectivity index (χ2n) is 5.81. The molecule has 0 unspecified atom stereocenters. The number of carbonyl (C=O) groups is 1. The first-order valence-electron chi connectivity index (χ1n) is 8.56. The quantitative estimate of drug-likeness (QED) is 0.317. The van der Waals surface area contributed by atoms with E-state index in [0.717, 1.165) is 18.7 Å². The van der Waals surface area contributed by atoms with Gasteiger partial charge in [-0.05, 0) is 30.7 Å². The SMILES string of the molecule is CCCCCCCCCCNc1ccc(OC(=O)C(F)(F)F)cc1. The molecule has 0 heterocycles. The number of carbonyl (C=O) groups excluding carboxylic acids is 1. The van der Waals surface area contributed by atoms with E-state index in [1.165, 1.54) is 57.1 Å². The van der Waals surface area contributed by atoms with E-state index >= 15 is 0 Å². The van der Waals surface area contributed by atoms with Crippen molar-refractivity contribution in [2.45, 2.75) is 64.5 Å². The molecule has 0 amide bonds. The van der Waals surface area contributed by atoms with Gasteiger partial charge in [0.15, 0.2) is 0 Å². The molecule has 6 heteroatoms. The van der Waals surface area contributed by atoms with Crippen molar-refractivity contribution in [2.75, 3.05) is 11.9 Å². The van der Waals surface area contributed by atoms with Gasteiger partial charge in [-0.1, -0.05) is 51.9 Å². The van der Waals surface area contributed by atoms with Gasteiger partial charge in [-0.2, -0.15) is 13.2 Å². The number of hydrogen-bond donors (Lipinski definition) is 1. The highest BCUT2D eigenvalue weighted by Crippen LogP contribution is 2.21. The number of benzene rings is 1. The fraction of sp³-hybridized carbons (Fsp3) is 0.611. The van der Waals surface area contributed by atoms with Crippen LogP contribution >= 0.6 is 0 Å². The van der Waals surface area contributed by atoms with Crippen molar-refractivity contribution in [1.29, 1.82) is 0 Å². The first-order chi connectivity index (χ1) is 11.4. The predicted molar refractivity (Wildman–Crippen MR) is 89.2 cm³/mol. The highest BCUT2D eigenvalue weighted by atomic mass is 19.4. The van der Waals surface area contributed by atoms with Gasteiger partial charge in [0.2, 0.25) is 0 Å². The van der Waals surface area contributed by atoms with E-state index in [1.54, 1.807) is 12.1 Å². The normalized spacial score (nSPS) is 11.3. The molecule has 1 aromatic rings. The number of hydrogen-bond acceptors (Lipinski definition) is 3. The summed E-state index contributed by atoms with van der Waals surface area (Å²) < 4.78 is 40.5. The van der Waals surface area contributed by atoms with E-state index in [-0.39, 0.29) is 5.75 Å². The molecule has 1 rings (SSSR count). The van der Waals surface area contributed by atoms with Gasteiger partial charge in [-0.3, -0.25) is 0 Å². The van der Waals surface area contributed by atoms with Crippen LogP contribution in [0.2, 0.25) is 0 Å². The largest absolute Gasteiger partial charge is 0.491 e. The first-order valence-corrected chi connectivity index (χ1v) is 8.56. The van der Waals surface area contributed by atoms with Gasteiger partial charge in [0.25, 0.3) is 0 Å². The van der Waals surface area contributed by atoms with Crippen molar-refractivity contribution in [3.63, 3.8) is 0 Å². The number of unbranched alkanes of at least 4 members (excludes halogenated alkanes) is 7. The number of halogens is 3. The lowest BCUT2D eigenvalue weighted by molar-refractivity contribution is -0.189. The summed E-state index contributed by atoms with van der Waals surface area (Å²) in [4.78, 5) is 10.7. The Balaban J connectivity index is 2.15. The molecule has 3 nitrogen and oxygen atoms in total. The van der Waals surface area contributed by atoms with Crippen LogP contribution in [-0.2, 0) is 4.79 Å². The Morgan fingerprint density at radius 3 is 2.04 bits per heavy atom. The molecule has 24 heavy (non-hydrogen) atoms. The third-order valence-corrected chi connectivity index (χ3v) is 3.66. The molecule has 0 aliphatic heterocycles. The highest BCUT2D eigenvalue weighted by Gasteiger charge is 2.41. The molecule has 0 radical (unpaired) electrons. The maximum atomic E-state index is 12.1. The molecule has 0 fully saturated rings. The molecule has 0 spiro atoms. The zero-order valence-corrected chi connectivity index (χ0v) is 14.1. The van der Waals surface area contributed by atoms with E-state index in [1.807, 2.05) is 0 Å². The van der Waals surface area contributed by atoms with Crippen molar-refractivity contribution in [2.24, 2.45) is 0 Å². The second-order valence-corrected chi connectivity index (χ2v) is 5.81. The van der Waals surface area contributed by atoms with Gasteiger partial charge in [0, 0.05) is 12.2 Å². The summed E-state index contributed by atoms with van der Waals surface area (Å²) in [5.74, 6) is -2.32. The Hall–Kier alpha value is -1.72. The zero-order valence-electron chi connectivity index (χ0n) is 14.1. The molecule has 0 aromatic heterocycles. The standard InChI is InChI=1S/C18H26F3NO2/c1-2-3-4-5-6-7-8-9-14-22-15-10-12-16(13-11-15)24-17(23)18(19,20)21/h10-13,22H,2-9,14H2,1H3.